The van der Waals surface area contributed by atoms with Crippen LogP contribution in [0.25, 0.3) is 0 Å². The summed E-state index contributed by atoms with van der Waals surface area (Å²) in [5.74, 6) is 0.360. The van der Waals surface area contributed by atoms with Gasteiger partial charge in [-0.3, -0.25) is 10.1 Å². The van der Waals surface area contributed by atoms with E-state index in [2.05, 4.69) is 20.6 Å². The van der Waals surface area contributed by atoms with E-state index in [1.165, 1.54) is 6.20 Å². The van der Waals surface area contributed by atoms with Crippen molar-refractivity contribution in [3.8, 4) is 0 Å². The minimum Gasteiger partial charge on any atom is -0.444 e. The van der Waals surface area contributed by atoms with Gasteiger partial charge in [0.1, 0.15) is 11.8 Å². The van der Waals surface area contributed by atoms with Gasteiger partial charge in [-0.05, 0) is 45.7 Å². The normalized spacial score (nSPS) is 16.6. The Kier molecular flexibility index (Phi) is 6.34. The van der Waals surface area contributed by atoms with E-state index in [-0.39, 0.29) is 23.5 Å². The zero-order valence-corrected chi connectivity index (χ0v) is 17.3. The Hall–Kier alpha value is -3.43. The van der Waals surface area contributed by atoms with Gasteiger partial charge in [0.05, 0.1) is 4.92 Å². The van der Waals surface area contributed by atoms with Gasteiger partial charge in [0.15, 0.2) is 0 Å². The molecule has 2 heterocycles. The molecule has 30 heavy (non-hydrogen) atoms. The highest BCUT2D eigenvalue weighted by atomic mass is 16.6. The predicted octanol–water partition coefficient (Wildman–Crippen LogP) is 3.94. The zero-order valence-electron chi connectivity index (χ0n) is 17.3. The first-order chi connectivity index (χ1) is 14.2. The van der Waals surface area contributed by atoms with Crippen molar-refractivity contribution in [2.24, 2.45) is 0 Å². The van der Waals surface area contributed by atoms with Crippen LogP contribution in [0, 0.1) is 10.1 Å². The molecule has 1 atom stereocenters. The molecule has 0 radical (unpaired) electrons. The molecule has 0 aliphatic carbocycles. The summed E-state index contributed by atoms with van der Waals surface area (Å²) < 4.78 is 5.44. The SMILES string of the molecule is CC(C)(C)OC(=O)N1CCCC(Nc2nc(Nc3ccccc3)ncc2[N+](=O)[O-])C1. The van der Waals surface area contributed by atoms with Crippen LogP contribution in [-0.2, 0) is 4.74 Å². The van der Waals surface area contributed by atoms with Crippen molar-refractivity contribution in [3.05, 3.63) is 46.6 Å². The van der Waals surface area contributed by atoms with Crippen molar-refractivity contribution >= 4 is 29.2 Å². The molecule has 1 unspecified atom stereocenters. The Labute approximate surface area is 174 Å². The number of aromatic nitrogens is 2. The first kappa shape index (κ1) is 21.3. The molecule has 1 amide bonds. The van der Waals surface area contributed by atoms with Crippen molar-refractivity contribution < 1.29 is 14.5 Å². The molecule has 1 aliphatic rings. The van der Waals surface area contributed by atoms with Crippen molar-refractivity contribution in [2.45, 2.75) is 45.3 Å². The van der Waals surface area contributed by atoms with E-state index >= 15 is 0 Å². The molecule has 2 aromatic rings. The summed E-state index contributed by atoms with van der Waals surface area (Å²) in [5, 5.41) is 17.6. The highest BCUT2D eigenvalue weighted by molar-refractivity contribution is 5.68. The third kappa shape index (κ3) is 5.79. The molecule has 1 aromatic heterocycles. The summed E-state index contributed by atoms with van der Waals surface area (Å²) in [6.45, 7) is 6.40. The fourth-order valence-electron chi connectivity index (χ4n) is 3.11. The number of amides is 1. The van der Waals surface area contributed by atoms with E-state index in [0.717, 1.165) is 18.5 Å². The Morgan fingerprint density at radius 3 is 2.70 bits per heavy atom. The number of hydrogen-bond donors (Lipinski definition) is 2. The number of carbonyl (C=O) groups excluding carboxylic acids is 1. The molecule has 10 nitrogen and oxygen atoms in total. The Morgan fingerprint density at radius 1 is 1.30 bits per heavy atom. The van der Waals surface area contributed by atoms with Gasteiger partial charge >= 0.3 is 11.8 Å². The van der Waals surface area contributed by atoms with Gasteiger partial charge in [0.25, 0.3) is 0 Å². The quantitative estimate of drug-likeness (QED) is 0.557. The number of benzene rings is 1. The standard InChI is InChI=1S/C20H26N6O4/c1-20(2,3)30-19(27)25-11-7-10-15(13-25)22-17-16(26(28)29)12-21-18(24-17)23-14-8-5-4-6-9-14/h4-6,8-9,12,15H,7,10-11,13H2,1-3H3,(H2,21,22,23,24). The highest BCUT2D eigenvalue weighted by Gasteiger charge is 2.29. The first-order valence-corrected chi connectivity index (χ1v) is 9.79. The molecule has 1 saturated heterocycles. The Morgan fingerprint density at radius 2 is 2.03 bits per heavy atom. The summed E-state index contributed by atoms with van der Waals surface area (Å²) in [6, 6.07) is 9.11. The molecule has 3 rings (SSSR count). The van der Waals surface area contributed by atoms with Crippen LogP contribution < -0.4 is 10.6 Å². The molecule has 160 valence electrons. The molecular formula is C20H26N6O4. The smallest absolute Gasteiger partial charge is 0.410 e. The number of likely N-dealkylation sites (tertiary alicyclic amines) is 1. The number of para-hydroxylation sites is 1. The summed E-state index contributed by atoms with van der Waals surface area (Å²) in [5.41, 5.74) is -0.0324. The number of ether oxygens (including phenoxy) is 1. The van der Waals surface area contributed by atoms with Crippen LogP contribution in [0.5, 0.6) is 0 Å². The number of nitrogens with zero attached hydrogens (tertiary/aromatic N) is 4. The fourth-order valence-corrected chi connectivity index (χ4v) is 3.11. The van der Waals surface area contributed by atoms with Crippen molar-refractivity contribution in [3.63, 3.8) is 0 Å². The topological polar surface area (TPSA) is 123 Å². The van der Waals surface area contributed by atoms with Crippen LogP contribution in [0.1, 0.15) is 33.6 Å². The van der Waals surface area contributed by atoms with Crippen LogP contribution in [0.4, 0.5) is 27.9 Å². The average Bonchev–Trinajstić information content (AvgIpc) is 2.68. The molecule has 1 aliphatic heterocycles. The van der Waals surface area contributed by atoms with Gasteiger partial charge < -0.3 is 20.3 Å². The molecular weight excluding hydrogens is 388 g/mol. The lowest BCUT2D eigenvalue weighted by atomic mass is 10.1. The van der Waals surface area contributed by atoms with E-state index in [1.54, 1.807) is 4.90 Å². The summed E-state index contributed by atoms with van der Waals surface area (Å²) in [6.07, 6.45) is 2.29. The summed E-state index contributed by atoms with van der Waals surface area (Å²) in [4.78, 5) is 33.3. The third-order valence-corrected chi connectivity index (χ3v) is 4.41. The van der Waals surface area contributed by atoms with E-state index in [0.29, 0.717) is 13.1 Å². The molecule has 10 heteroatoms. The lowest BCUT2D eigenvalue weighted by Crippen LogP contribution is -2.47. The minimum atomic E-state index is -0.582. The fraction of sp³-hybridized carbons (Fsp3) is 0.450. The monoisotopic (exact) mass is 414 g/mol. The van der Waals surface area contributed by atoms with Gasteiger partial charge in [-0.25, -0.2) is 9.78 Å². The lowest BCUT2D eigenvalue weighted by molar-refractivity contribution is -0.384. The van der Waals surface area contributed by atoms with E-state index in [4.69, 9.17) is 4.74 Å². The van der Waals surface area contributed by atoms with Crippen molar-refractivity contribution in [2.75, 3.05) is 23.7 Å². The third-order valence-electron chi connectivity index (χ3n) is 4.41. The van der Waals surface area contributed by atoms with Crippen LogP contribution in [0.15, 0.2) is 36.5 Å². The summed E-state index contributed by atoms with van der Waals surface area (Å²) >= 11 is 0. The molecule has 1 aromatic carbocycles. The predicted molar refractivity (Wildman–Crippen MR) is 113 cm³/mol. The number of hydrogen-bond acceptors (Lipinski definition) is 8. The largest absolute Gasteiger partial charge is 0.444 e. The number of nitro groups is 1. The minimum absolute atomic E-state index is 0.115. The maximum absolute atomic E-state index is 12.4. The van der Waals surface area contributed by atoms with Crippen LogP contribution >= 0.6 is 0 Å². The first-order valence-electron chi connectivity index (χ1n) is 9.79. The Balaban J connectivity index is 1.74. The molecule has 0 spiro atoms. The second-order valence-corrected chi connectivity index (χ2v) is 8.09. The van der Waals surface area contributed by atoms with Gasteiger partial charge in [0.2, 0.25) is 11.8 Å². The number of nitrogens with one attached hydrogen (secondary N) is 2. The summed E-state index contributed by atoms with van der Waals surface area (Å²) in [7, 11) is 0. The van der Waals surface area contributed by atoms with Crippen LogP contribution in [0.3, 0.4) is 0 Å². The molecule has 0 bridgehead atoms. The van der Waals surface area contributed by atoms with Gasteiger partial charge in [-0.1, -0.05) is 18.2 Å². The van der Waals surface area contributed by atoms with E-state index < -0.39 is 16.6 Å². The molecule has 2 N–H and O–H groups in total. The van der Waals surface area contributed by atoms with Crippen LogP contribution in [0.2, 0.25) is 0 Å². The maximum Gasteiger partial charge on any atom is 0.410 e. The van der Waals surface area contributed by atoms with E-state index in [1.807, 2.05) is 51.1 Å². The lowest BCUT2D eigenvalue weighted by Gasteiger charge is -2.34. The van der Waals surface area contributed by atoms with Crippen molar-refractivity contribution in [1.82, 2.24) is 14.9 Å². The van der Waals surface area contributed by atoms with Gasteiger partial charge in [-0.15, -0.1) is 0 Å². The average molecular weight is 414 g/mol. The van der Waals surface area contributed by atoms with Crippen molar-refractivity contribution in [1.29, 1.82) is 0 Å². The second kappa shape index (κ2) is 8.93. The number of piperidine rings is 1. The maximum atomic E-state index is 12.4. The van der Waals surface area contributed by atoms with E-state index in [9.17, 15) is 14.9 Å². The van der Waals surface area contributed by atoms with Crippen LogP contribution in [-0.4, -0.2) is 50.6 Å². The van der Waals surface area contributed by atoms with Gasteiger partial charge in [-0.2, -0.15) is 4.98 Å². The molecule has 1 fully saturated rings. The number of anilines is 3. The Bertz CT molecular complexity index is 900. The zero-order chi connectivity index (χ0) is 21.7. The highest BCUT2D eigenvalue weighted by Crippen LogP contribution is 2.26. The van der Waals surface area contributed by atoms with Gasteiger partial charge in [0, 0.05) is 24.8 Å². The number of carbonyl (C=O) groups is 1. The number of rotatable bonds is 5. The molecule has 0 saturated carbocycles. The second-order valence-electron chi connectivity index (χ2n) is 8.09.